The topological polar surface area (TPSA) is 78.9 Å². The van der Waals surface area contributed by atoms with Gasteiger partial charge in [0.15, 0.2) is 0 Å². The predicted molar refractivity (Wildman–Crippen MR) is 108 cm³/mol. The molecule has 2 saturated heterocycles. The summed E-state index contributed by atoms with van der Waals surface area (Å²) in [5, 5.41) is 0. The molecule has 1 spiro atoms. The van der Waals surface area contributed by atoms with Crippen molar-refractivity contribution in [1.29, 1.82) is 0 Å². The second-order valence-electron chi connectivity index (χ2n) is 7.37. The first-order valence-corrected chi connectivity index (χ1v) is 9.89. The van der Waals surface area contributed by atoms with E-state index < -0.39 is 5.54 Å². The highest BCUT2D eigenvalue weighted by atomic mass is 16.5. The van der Waals surface area contributed by atoms with E-state index in [1.807, 2.05) is 42.2 Å². The van der Waals surface area contributed by atoms with Crippen LogP contribution < -0.4 is 9.64 Å². The van der Waals surface area contributed by atoms with E-state index in [0.717, 1.165) is 5.56 Å². The molecule has 8 heteroatoms. The molecule has 3 heterocycles. The highest BCUT2D eigenvalue weighted by Gasteiger charge is 2.56. The Morgan fingerprint density at radius 1 is 1.10 bits per heavy atom. The number of carbonyl (C=O) groups is 2. The predicted octanol–water partition coefficient (Wildman–Crippen LogP) is 2.31. The number of aromatic nitrogens is 2. The Bertz CT molecular complexity index is 896. The Balaban J connectivity index is 1.55. The molecule has 29 heavy (non-hydrogen) atoms. The molecule has 0 unspecified atom stereocenters. The molecular weight excluding hydrogens is 370 g/mol. The summed E-state index contributed by atoms with van der Waals surface area (Å²) in [6.45, 7) is 4.05. The lowest BCUT2D eigenvalue weighted by Gasteiger charge is -2.42. The van der Waals surface area contributed by atoms with E-state index in [9.17, 15) is 9.59 Å². The first-order valence-electron chi connectivity index (χ1n) is 9.89. The van der Waals surface area contributed by atoms with Gasteiger partial charge in [-0.05, 0) is 25.3 Å². The Hall–Kier alpha value is -3.16. The van der Waals surface area contributed by atoms with E-state index in [1.54, 1.807) is 24.2 Å². The maximum atomic E-state index is 13.1. The van der Waals surface area contributed by atoms with E-state index in [2.05, 4.69) is 9.97 Å². The lowest BCUT2D eigenvalue weighted by atomic mass is 9.85. The van der Waals surface area contributed by atoms with Crippen LogP contribution in [0.15, 0.2) is 42.6 Å². The summed E-state index contributed by atoms with van der Waals surface area (Å²) in [6.07, 6.45) is 2.76. The van der Waals surface area contributed by atoms with Gasteiger partial charge in [-0.2, -0.15) is 4.98 Å². The first kappa shape index (κ1) is 19.2. The highest BCUT2D eigenvalue weighted by Crippen LogP contribution is 2.38. The van der Waals surface area contributed by atoms with Crippen molar-refractivity contribution in [2.24, 2.45) is 0 Å². The summed E-state index contributed by atoms with van der Waals surface area (Å²) in [7, 11) is 1.57. The molecule has 2 aliphatic rings. The molecule has 0 saturated carbocycles. The van der Waals surface area contributed by atoms with E-state index in [-0.39, 0.29) is 11.9 Å². The molecule has 0 radical (unpaired) electrons. The fraction of sp³-hybridized carbons (Fsp3) is 0.429. The number of nitrogens with zero attached hydrogens (tertiary/aromatic N) is 5. The Kier molecular flexibility index (Phi) is 5.08. The quantitative estimate of drug-likeness (QED) is 0.723. The fourth-order valence-corrected chi connectivity index (χ4v) is 4.14. The Morgan fingerprint density at radius 3 is 2.52 bits per heavy atom. The van der Waals surface area contributed by atoms with Crippen LogP contribution in [-0.4, -0.2) is 64.0 Å². The molecule has 4 rings (SSSR count). The van der Waals surface area contributed by atoms with Gasteiger partial charge in [0.05, 0.1) is 6.61 Å². The van der Waals surface area contributed by atoms with Crippen molar-refractivity contribution < 1.29 is 14.3 Å². The van der Waals surface area contributed by atoms with Crippen LogP contribution in [-0.2, 0) is 11.3 Å². The van der Waals surface area contributed by atoms with Crippen LogP contribution in [0.1, 0.15) is 25.3 Å². The smallest absolute Gasteiger partial charge is 0.327 e. The molecule has 0 bridgehead atoms. The minimum absolute atomic E-state index is 0.123. The average Bonchev–Trinajstić information content (AvgIpc) is 2.92. The zero-order valence-electron chi connectivity index (χ0n) is 16.7. The molecule has 8 nitrogen and oxygen atoms in total. The van der Waals surface area contributed by atoms with E-state index in [0.29, 0.717) is 50.9 Å². The van der Waals surface area contributed by atoms with Crippen LogP contribution >= 0.6 is 0 Å². The van der Waals surface area contributed by atoms with Gasteiger partial charge in [-0.25, -0.2) is 9.78 Å². The second-order valence-corrected chi connectivity index (χ2v) is 7.37. The van der Waals surface area contributed by atoms with Gasteiger partial charge in [0.25, 0.3) is 5.91 Å². The van der Waals surface area contributed by atoms with Gasteiger partial charge in [0.2, 0.25) is 11.8 Å². The Morgan fingerprint density at radius 2 is 1.83 bits per heavy atom. The molecule has 0 aliphatic carbocycles. The molecule has 3 amide bonds. The average molecular weight is 395 g/mol. The minimum atomic E-state index is -0.810. The number of piperidine rings is 1. The third-order valence-corrected chi connectivity index (χ3v) is 5.70. The number of anilines is 1. The third kappa shape index (κ3) is 3.39. The van der Waals surface area contributed by atoms with E-state index >= 15 is 0 Å². The van der Waals surface area contributed by atoms with Gasteiger partial charge in [-0.3, -0.25) is 9.69 Å². The lowest BCUT2D eigenvalue weighted by Crippen LogP contribution is -2.56. The van der Waals surface area contributed by atoms with Crippen molar-refractivity contribution in [3.8, 4) is 5.88 Å². The monoisotopic (exact) mass is 395 g/mol. The van der Waals surface area contributed by atoms with Crippen molar-refractivity contribution in [2.75, 3.05) is 31.6 Å². The van der Waals surface area contributed by atoms with Crippen LogP contribution in [0.25, 0.3) is 0 Å². The van der Waals surface area contributed by atoms with Gasteiger partial charge < -0.3 is 14.5 Å². The lowest BCUT2D eigenvalue weighted by molar-refractivity contribution is -0.133. The number of likely N-dealkylation sites (N-methyl/N-ethyl adjacent to an activating group) is 1. The van der Waals surface area contributed by atoms with Crippen molar-refractivity contribution in [2.45, 2.75) is 31.8 Å². The molecule has 0 N–H and O–H groups in total. The summed E-state index contributed by atoms with van der Waals surface area (Å²) in [4.78, 5) is 39.8. The van der Waals surface area contributed by atoms with Gasteiger partial charge in [0.1, 0.15) is 5.54 Å². The van der Waals surface area contributed by atoms with E-state index in [1.165, 1.54) is 4.90 Å². The van der Waals surface area contributed by atoms with Gasteiger partial charge in [-0.1, -0.05) is 30.3 Å². The number of hydrogen-bond donors (Lipinski definition) is 0. The number of ether oxygens (including phenoxy) is 1. The molecule has 152 valence electrons. The van der Waals surface area contributed by atoms with Gasteiger partial charge in [0, 0.05) is 38.9 Å². The van der Waals surface area contributed by atoms with Crippen molar-refractivity contribution in [3.05, 3.63) is 48.2 Å². The maximum absolute atomic E-state index is 13.1. The van der Waals surface area contributed by atoms with E-state index in [4.69, 9.17) is 4.74 Å². The molecule has 2 fully saturated rings. The normalized spacial score (nSPS) is 18.6. The number of amides is 3. The maximum Gasteiger partial charge on any atom is 0.327 e. The van der Waals surface area contributed by atoms with Crippen molar-refractivity contribution in [1.82, 2.24) is 19.8 Å². The molecular formula is C21H25N5O3. The van der Waals surface area contributed by atoms with Gasteiger partial charge >= 0.3 is 6.03 Å². The number of carbonyl (C=O) groups excluding carboxylic acids is 2. The summed E-state index contributed by atoms with van der Waals surface area (Å²) in [5.41, 5.74) is 0.203. The zero-order chi connectivity index (χ0) is 20.4. The Labute approximate surface area is 170 Å². The molecule has 2 aromatic rings. The summed E-state index contributed by atoms with van der Waals surface area (Å²) < 4.78 is 5.47. The van der Waals surface area contributed by atoms with Crippen LogP contribution in [0.2, 0.25) is 0 Å². The van der Waals surface area contributed by atoms with Crippen LogP contribution in [0, 0.1) is 0 Å². The number of imide groups is 1. The fourth-order valence-electron chi connectivity index (χ4n) is 4.14. The van der Waals surface area contributed by atoms with Crippen molar-refractivity contribution in [3.63, 3.8) is 0 Å². The summed E-state index contributed by atoms with van der Waals surface area (Å²) >= 11 is 0. The minimum Gasteiger partial charge on any atom is -0.478 e. The standard InChI is InChI=1S/C21H25N5O3/c1-3-29-17-9-12-22-19(23-17)25-13-10-21(11-14-25)18(27)24(2)20(28)26(21)15-16-7-5-4-6-8-16/h4-9,12H,3,10-11,13-15H2,1-2H3. The van der Waals surface area contributed by atoms with Crippen LogP contribution in [0.3, 0.4) is 0 Å². The summed E-state index contributed by atoms with van der Waals surface area (Å²) in [6, 6.07) is 11.3. The second kappa shape index (κ2) is 7.69. The van der Waals surface area contributed by atoms with Crippen LogP contribution in [0.4, 0.5) is 10.7 Å². The SMILES string of the molecule is CCOc1ccnc(N2CCC3(CC2)C(=O)N(C)C(=O)N3Cc2ccccc2)n1. The highest BCUT2D eigenvalue weighted by molar-refractivity contribution is 6.06. The number of hydrogen-bond acceptors (Lipinski definition) is 6. The zero-order valence-corrected chi connectivity index (χ0v) is 16.7. The third-order valence-electron chi connectivity index (χ3n) is 5.70. The number of urea groups is 1. The van der Waals surface area contributed by atoms with Crippen LogP contribution in [0.5, 0.6) is 5.88 Å². The molecule has 1 aromatic heterocycles. The summed E-state index contributed by atoms with van der Waals surface area (Å²) in [5.74, 6) is 1.00. The number of benzene rings is 1. The van der Waals surface area contributed by atoms with Crippen molar-refractivity contribution >= 4 is 17.9 Å². The molecule has 1 aromatic carbocycles. The molecule has 2 aliphatic heterocycles. The largest absolute Gasteiger partial charge is 0.478 e. The van der Waals surface area contributed by atoms with Gasteiger partial charge in [-0.15, -0.1) is 0 Å². The number of rotatable bonds is 5. The molecule has 0 atom stereocenters. The first-order chi connectivity index (χ1) is 14.0.